The summed E-state index contributed by atoms with van der Waals surface area (Å²) in [5, 5.41) is 14.3. The number of rotatable bonds is 0. The zero-order valence-corrected chi connectivity index (χ0v) is 6.80. The van der Waals surface area contributed by atoms with Crippen molar-refractivity contribution in [1.29, 1.82) is 0 Å². The van der Waals surface area contributed by atoms with Gasteiger partial charge in [0, 0.05) is 10.8 Å². The van der Waals surface area contributed by atoms with E-state index in [0.29, 0.717) is 5.82 Å². The Bertz CT molecular complexity index is 307. The third kappa shape index (κ3) is 0.699. The highest BCUT2D eigenvalue weighted by Gasteiger charge is 2.47. The number of nitrogens with two attached hydrogens (primary N) is 1. The van der Waals surface area contributed by atoms with E-state index in [0.717, 1.165) is 9.93 Å². The second-order valence-electron chi connectivity index (χ2n) is 2.41. The molecule has 0 saturated heterocycles. The van der Waals surface area contributed by atoms with Gasteiger partial charge in [-0.15, -0.1) is 0 Å². The minimum atomic E-state index is -0.559. The topological polar surface area (TPSA) is 58.6 Å². The number of quaternary nitrogens is 1. The minimum absolute atomic E-state index is 0.398. The van der Waals surface area contributed by atoms with Crippen LogP contribution >= 0.6 is 11.8 Å². The van der Waals surface area contributed by atoms with Gasteiger partial charge in [0.2, 0.25) is 5.03 Å². The van der Waals surface area contributed by atoms with Gasteiger partial charge in [-0.2, -0.15) is 5.21 Å². The summed E-state index contributed by atoms with van der Waals surface area (Å²) in [6.07, 6.45) is 3.32. The highest BCUT2D eigenvalue weighted by atomic mass is 32.2. The molecule has 1 atom stereocenters. The molecule has 0 fully saturated rings. The van der Waals surface area contributed by atoms with Crippen LogP contribution in [-0.4, -0.2) is 16.2 Å². The molecule has 2 rings (SSSR count). The van der Waals surface area contributed by atoms with Gasteiger partial charge in [-0.3, -0.25) is 0 Å². The molecule has 0 radical (unpaired) electrons. The molecule has 3 N–H and O–H groups in total. The number of fused-ring (bicyclic) bond motifs is 1. The minimum Gasteiger partial charge on any atom is -0.349 e. The van der Waals surface area contributed by atoms with Gasteiger partial charge in [-0.25, -0.2) is 0 Å². The maximum atomic E-state index is 9.74. The maximum Gasteiger partial charge on any atom is 0.275 e. The van der Waals surface area contributed by atoms with Crippen molar-refractivity contribution >= 4 is 18.0 Å². The van der Waals surface area contributed by atoms with Crippen LogP contribution in [0.2, 0.25) is 0 Å². The number of nitrogens with zero attached hydrogens (tertiary/aromatic N) is 2. The Morgan fingerprint density at radius 1 is 1.73 bits per heavy atom. The van der Waals surface area contributed by atoms with Crippen molar-refractivity contribution in [2.24, 2.45) is 10.8 Å². The van der Waals surface area contributed by atoms with Gasteiger partial charge in [-0.05, 0) is 23.8 Å². The van der Waals surface area contributed by atoms with Crippen LogP contribution < -0.4 is 5.73 Å². The molecule has 1 unspecified atom stereocenters. The van der Waals surface area contributed by atoms with E-state index in [9.17, 15) is 5.21 Å². The summed E-state index contributed by atoms with van der Waals surface area (Å²) in [7, 11) is 0. The van der Waals surface area contributed by atoms with E-state index in [1.165, 1.54) is 11.8 Å². The number of hydroxylamine groups is 2. The van der Waals surface area contributed by atoms with E-state index in [1.54, 1.807) is 12.3 Å². The van der Waals surface area contributed by atoms with Crippen molar-refractivity contribution in [3.63, 3.8) is 0 Å². The molecule has 5 heteroatoms. The molecule has 0 bridgehead atoms. The molecule has 2 heterocycles. The number of hydrogen-bond donors (Lipinski definition) is 2. The summed E-state index contributed by atoms with van der Waals surface area (Å²) >= 11 is 1.46. The van der Waals surface area contributed by atoms with Crippen LogP contribution in [0.25, 0.3) is 0 Å². The van der Waals surface area contributed by atoms with Gasteiger partial charge in [0.05, 0.1) is 11.1 Å². The lowest BCUT2D eigenvalue weighted by atomic mass is 10.6. The average molecular weight is 170 g/mol. The number of thioether (sulfide) groups is 1. The van der Waals surface area contributed by atoms with Crippen LogP contribution in [0.15, 0.2) is 26.9 Å². The third-order valence-corrected chi connectivity index (χ3v) is 2.83. The molecule has 0 aromatic rings. The molecule has 2 aliphatic heterocycles. The van der Waals surface area contributed by atoms with Crippen LogP contribution in [0.1, 0.15) is 6.92 Å². The van der Waals surface area contributed by atoms with E-state index < -0.39 is 4.76 Å². The first kappa shape index (κ1) is 6.90. The second-order valence-corrected chi connectivity index (χ2v) is 3.65. The molecule has 4 nitrogen and oxygen atoms in total. The van der Waals surface area contributed by atoms with Gasteiger partial charge >= 0.3 is 0 Å². The van der Waals surface area contributed by atoms with Gasteiger partial charge in [0.1, 0.15) is 0 Å². The van der Waals surface area contributed by atoms with Crippen LogP contribution in [0.3, 0.4) is 0 Å². The monoisotopic (exact) mass is 170 g/mol. The first-order chi connectivity index (χ1) is 5.14. The normalized spacial score (nSPS) is 34.5. The Kier molecular flexibility index (Phi) is 1.18. The number of hydrogen-bond acceptors (Lipinski definition) is 4. The average Bonchev–Trinajstić information content (AvgIpc) is 2.39. The van der Waals surface area contributed by atoms with E-state index in [4.69, 9.17) is 5.73 Å². The molecule has 0 amide bonds. The van der Waals surface area contributed by atoms with Crippen molar-refractivity contribution in [2.75, 3.05) is 0 Å². The standard InChI is InChI=1S/C6H8N3OS/c1-4-6(7)9(10)5(11-4)2-3-8-9/h2-3,10H,7H2,1H3/q+1. The lowest BCUT2D eigenvalue weighted by Crippen LogP contribution is -2.35. The van der Waals surface area contributed by atoms with Crippen LogP contribution in [0.4, 0.5) is 0 Å². The third-order valence-electron chi connectivity index (χ3n) is 1.71. The van der Waals surface area contributed by atoms with E-state index in [2.05, 4.69) is 5.10 Å². The van der Waals surface area contributed by atoms with E-state index in [-0.39, 0.29) is 0 Å². The van der Waals surface area contributed by atoms with E-state index in [1.807, 2.05) is 6.92 Å². The van der Waals surface area contributed by atoms with Crippen LogP contribution in [0.5, 0.6) is 0 Å². The molecule has 0 aliphatic carbocycles. The van der Waals surface area contributed by atoms with Crippen LogP contribution in [-0.2, 0) is 0 Å². The molecule has 58 valence electrons. The molecular formula is C6H8N3OS+. The summed E-state index contributed by atoms with van der Waals surface area (Å²) in [6.45, 7) is 1.87. The first-order valence-electron chi connectivity index (χ1n) is 3.17. The second kappa shape index (κ2) is 1.88. The fourth-order valence-corrected chi connectivity index (χ4v) is 2.01. The van der Waals surface area contributed by atoms with Crippen molar-refractivity contribution in [3.8, 4) is 0 Å². The zero-order chi connectivity index (χ0) is 8.06. The Hall–Kier alpha value is -0.780. The van der Waals surface area contributed by atoms with Gasteiger partial charge in [-0.1, -0.05) is 0 Å². The van der Waals surface area contributed by atoms with Crippen molar-refractivity contribution in [2.45, 2.75) is 6.92 Å². The Labute approximate surface area is 68.2 Å². The summed E-state index contributed by atoms with van der Waals surface area (Å²) < 4.78 is -0.559. The molecule has 0 aromatic carbocycles. The first-order valence-corrected chi connectivity index (χ1v) is 3.99. The van der Waals surface area contributed by atoms with Crippen molar-refractivity contribution < 1.29 is 9.96 Å². The Morgan fingerprint density at radius 3 is 3.09 bits per heavy atom. The molecular weight excluding hydrogens is 162 g/mol. The largest absolute Gasteiger partial charge is 0.349 e. The van der Waals surface area contributed by atoms with Crippen molar-refractivity contribution in [3.05, 3.63) is 21.8 Å². The fourth-order valence-electron chi connectivity index (χ4n) is 1.06. The van der Waals surface area contributed by atoms with E-state index >= 15 is 0 Å². The number of allylic oxidation sites excluding steroid dienone is 2. The summed E-state index contributed by atoms with van der Waals surface area (Å²) in [6, 6.07) is 0. The molecule has 11 heavy (non-hydrogen) atoms. The highest BCUT2D eigenvalue weighted by molar-refractivity contribution is 8.06. The molecule has 0 saturated carbocycles. The molecule has 0 spiro atoms. The quantitative estimate of drug-likeness (QED) is 0.532. The fraction of sp³-hybridized carbons (Fsp3) is 0.167. The Morgan fingerprint density at radius 2 is 2.45 bits per heavy atom. The lowest BCUT2D eigenvalue weighted by Gasteiger charge is -2.13. The lowest BCUT2D eigenvalue weighted by molar-refractivity contribution is -1.04. The predicted octanol–water partition coefficient (Wildman–Crippen LogP) is 0.928. The summed E-state index contributed by atoms with van der Waals surface area (Å²) in [5.41, 5.74) is 5.62. The van der Waals surface area contributed by atoms with Gasteiger partial charge < -0.3 is 5.73 Å². The SMILES string of the molecule is CC1=C(N)[N+]2(O)N=CC=C2S1. The smallest absolute Gasteiger partial charge is 0.275 e. The summed E-state index contributed by atoms with van der Waals surface area (Å²) in [5.74, 6) is 0.398. The summed E-state index contributed by atoms with van der Waals surface area (Å²) in [4.78, 5) is 0.913. The highest BCUT2D eigenvalue weighted by Crippen LogP contribution is 2.45. The maximum absolute atomic E-state index is 9.74. The zero-order valence-electron chi connectivity index (χ0n) is 5.98. The molecule has 0 aromatic heterocycles. The molecule has 2 aliphatic rings. The Balaban J connectivity index is 2.54. The van der Waals surface area contributed by atoms with Crippen molar-refractivity contribution in [1.82, 2.24) is 0 Å². The van der Waals surface area contributed by atoms with Gasteiger partial charge in [0.15, 0.2) is 0 Å². The van der Waals surface area contributed by atoms with Crippen LogP contribution in [0, 0.1) is 0 Å². The predicted molar refractivity (Wildman–Crippen MR) is 43.1 cm³/mol. The van der Waals surface area contributed by atoms with Gasteiger partial charge in [0.25, 0.3) is 5.82 Å².